The second kappa shape index (κ2) is 10.6. The third-order valence-corrected chi connectivity index (χ3v) is 4.40. The summed E-state index contributed by atoms with van der Waals surface area (Å²) in [6, 6.07) is 5.18. The molecule has 6 heteroatoms. The van der Waals surface area contributed by atoms with E-state index in [-0.39, 0.29) is 12.0 Å². The van der Waals surface area contributed by atoms with E-state index in [1.54, 1.807) is 32.4 Å². The zero-order valence-electron chi connectivity index (χ0n) is 15.9. The number of amides is 1. The number of benzene rings is 1. The Bertz CT molecular complexity index is 552. The molecule has 5 nitrogen and oxygen atoms in total. The van der Waals surface area contributed by atoms with Crippen LogP contribution in [0, 0.1) is 0 Å². The quantitative estimate of drug-likeness (QED) is 0.574. The largest absolute Gasteiger partial charge is 0.487 e. The average molecular weight is 372 g/mol. The molecule has 2 unspecified atom stereocenters. The van der Waals surface area contributed by atoms with Gasteiger partial charge in [0.25, 0.3) is 5.91 Å². The summed E-state index contributed by atoms with van der Waals surface area (Å²) in [4.78, 5) is 12.6. The summed E-state index contributed by atoms with van der Waals surface area (Å²) in [5.41, 5.74) is -0.246. The number of hydrogen-bond acceptors (Lipinski definition) is 4. The van der Waals surface area contributed by atoms with Crippen LogP contribution < -0.4 is 10.1 Å². The molecular formula is C19H30ClNO4. The van der Waals surface area contributed by atoms with Crippen LogP contribution in [0.5, 0.6) is 5.75 Å². The van der Waals surface area contributed by atoms with Gasteiger partial charge < -0.3 is 19.5 Å². The Morgan fingerprint density at radius 3 is 2.60 bits per heavy atom. The molecule has 0 radical (unpaired) electrons. The molecule has 0 spiro atoms. The highest BCUT2D eigenvalue weighted by Crippen LogP contribution is 2.29. The molecule has 0 aliphatic heterocycles. The maximum atomic E-state index is 12.6. The van der Waals surface area contributed by atoms with Crippen molar-refractivity contribution >= 4 is 23.2 Å². The first-order valence-electron chi connectivity index (χ1n) is 8.68. The summed E-state index contributed by atoms with van der Waals surface area (Å²) in [6.45, 7) is 6.31. The second-order valence-electron chi connectivity index (χ2n) is 6.38. The molecule has 1 amide bonds. The number of carbonyl (C=O) groups excluding carboxylic acids is 1. The molecule has 0 fully saturated rings. The summed E-state index contributed by atoms with van der Waals surface area (Å²) in [6.07, 6.45) is 3.67. The molecule has 0 saturated carbocycles. The summed E-state index contributed by atoms with van der Waals surface area (Å²) in [5.74, 6) is 0.380. The zero-order valence-corrected chi connectivity index (χ0v) is 16.6. The van der Waals surface area contributed by atoms with Gasteiger partial charge in [-0.15, -0.1) is 0 Å². The molecule has 1 aromatic carbocycles. The monoisotopic (exact) mass is 371 g/mol. The van der Waals surface area contributed by atoms with Gasteiger partial charge in [0.15, 0.2) is 0 Å². The van der Waals surface area contributed by atoms with Crippen LogP contribution in [0.4, 0.5) is 5.69 Å². The number of anilines is 1. The first-order valence-corrected chi connectivity index (χ1v) is 9.05. The predicted molar refractivity (Wildman–Crippen MR) is 102 cm³/mol. The van der Waals surface area contributed by atoms with E-state index in [0.29, 0.717) is 29.5 Å². The zero-order chi connectivity index (χ0) is 18.9. The number of rotatable bonds is 11. The first-order chi connectivity index (χ1) is 11.9. The van der Waals surface area contributed by atoms with E-state index in [9.17, 15) is 4.79 Å². The normalized spacial score (nSPS) is 14.6. The van der Waals surface area contributed by atoms with Crippen molar-refractivity contribution in [2.75, 3.05) is 26.1 Å². The predicted octanol–water partition coefficient (Wildman–Crippen LogP) is 4.68. The van der Waals surface area contributed by atoms with Gasteiger partial charge in [-0.25, -0.2) is 0 Å². The first kappa shape index (κ1) is 21.7. The smallest absolute Gasteiger partial charge is 0.256 e. The SMILES string of the molecule is CCCCCC(C)(OC)C(=O)Nc1ccc(OC(C)COC)c(Cl)c1. The Balaban J connectivity index is 2.75. The molecule has 0 heterocycles. The van der Waals surface area contributed by atoms with Gasteiger partial charge in [-0.05, 0) is 38.5 Å². The molecule has 0 bridgehead atoms. The van der Waals surface area contributed by atoms with E-state index >= 15 is 0 Å². The van der Waals surface area contributed by atoms with Gasteiger partial charge >= 0.3 is 0 Å². The van der Waals surface area contributed by atoms with Crippen LogP contribution in [0.3, 0.4) is 0 Å². The Morgan fingerprint density at radius 2 is 2.04 bits per heavy atom. The summed E-state index contributed by atoms with van der Waals surface area (Å²) >= 11 is 6.26. The van der Waals surface area contributed by atoms with E-state index in [4.69, 9.17) is 25.8 Å². The van der Waals surface area contributed by atoms with Crippen molar-refractivity contribution in [3.8, 4) is 5.75 Å². The maximum absolute atomic E-state index is 12.6. The van der Waals surface area contributed by atoms with Crippen molar-refractivity contribution in [2.24, 2.45) is 0 Å². The van der Waals surface area contributed by atoms with Gasteiger partial charge in [0.2, 0.25) is 0 Å². The minimum Gasteiger partial charge on any atom is -0.487 e. The molecule has 0 aliphatic carbocycles. The standard InChI is InChI=1S/C19H30ClNO4/c1-6-7-8-11-19(3,24-5)18(22)21-15-9-10-17(16(20)12-15)25-14(2)13-23-4/h9-10,12,14H,6-8,11,13H2,1-5H3,(H,21,22). The molecule has 142 valence electrons. The van der Waals surface area contributed by atoms with Gasteiger partial charge in [-0.3, -0.25) is 4.79 Å². The topological polar surface area (TPSA) is 56.8 Å². The Hall–Kier alpha value is -1.30. The van der Waals surface area contributed by atoms with E-state index in [1.807, 2.05) is 13.8 Å². The van der Waals surface area contributed by atoms with E-state index in [2.05, 4.69) is 12.2 Å². The molecule has 1 aromatic rings. The second-order valence-corrected chi connectivity index (χ2v) is 6.78. The lowest BCUT2D eigenvalue weighted by Gasteiger charge is -2.27. The molecule has 0 saturated heterocycles. The summed E-state index contributed by atoms with van der Waals surface area (Å²) < 4.78 is 16.2. The fourth-order valence-corrected chi connectivity index (χ4v) is 2.67. The number of nitrogens with one attached hydrogen (secondary N) is 1. The molecule has 25 heavy (non-hydrogen) atoms. The third-order valence-electron chi connectivity index (χ3n) is 4.11. The lowest BCUT2D eigenvalue weighted by Crippen LogP contribution is -2.41. The lowest BCUT2D eigenvalue weighted by molar-refractivity contribution is -0.136. The molecule has 2 atom stereocenters. The molecule has 0 aliphatic rings. The van der Waals surface area contributed by atoms with E-state index in [1.165, 1.54) is 0 Å². The van der Waals surface area contributed by atoms with Crippen LogP contribution in [0.15, 0.2) is 18.2 Å². The summed E-state index contributed by atoms with van der Waals surface area (Å²) in [7, 11) is 3.18. The van der Waals surface area contributed by atoms with Crippen molar-refractivity contribution in [1.29, 1.82) is 0 Å². The average Bonchev–Trinajstić information content (AvgIpc) is 2.57. The van der Waals surface area contributed by atoms with Gasteiger partial charge in [0.1, 0.15) is 17.5 Å². The highest BCUT2D eigenvalue weighted by Gasteiger charge is 2.32. The van der Waals surface area contributed by atoms with Crippen molar-refractivity contribution in [1.82, 2.24) is 0 Å². The molecule has 1 rings (SSSR count). The van der Waals surface area contributed by atoms with Gasteiger partial charge in [-0.2, -0.15) is 0 Å². The number of unbranched alkanes of at least 4 members (excludes halogenated alkanes) is 2. The Labute approximate surface area is 156 Å². The Kier molecular flexibility index (Phi) is 9.25. The van der Waals surface area contributed by atoms with Gasteiger partial charge in [-0.1, -0.05) is 37.8 Å². The molecule has 0 aromatic heterocycles. The molecule has 1 N–H and O–H groups in total. The van der Waals surface area contributed by atoms with Crippen molar-refractivity contribution in [3.05, 3.63) is 23.2 Å². The Morgan fingerprint density at radius 1 is 1.32 bits per heavy atom. The number of methoxy groups -OCH3 is 2. The number of halogens is 1. The number of hydrogen-bond donors (Lipinski definition) is 1. The number of carbonyl (C=O) groups is 1. The van der Waals surface area contributed by atoms with Crippen LogP contribution in [0.1, 0.15) is 46.5 Å². The third kappa shape index (κ3) is 6.84. The van der Waals surface area contributed by atoms with Crippen LogP contribution in [0.25, 0.3) is 0 Å². The molecular weight excluding hydrogens is 342 g/mol. The van der Waals surface area contributed by atoms with Crippen LogP contribution >= 0.6 is 11.6 Å². The fraction of sp³-hybridized carbons (Fsp3) is 0.632. The van der Waals surface area contributed by atoms with Crippen molar-refractivity contribution in [2.45, 2.75) is 58.2 Å². The van der Waals surface area contributed by atoms with Crippen LogP contribution in [-0.4, -0.2) is 38.4 Å². The van der Waals surface area contributed by atoms with Crippen molar-refractivity contribution in [3.63, 3.8) is 0 Å². The van der Waals surface area contributed by atoms with E-state index in [0.717, 1.165) is 19.3 Å². The fourth-order valence-electron chi connectivity index (χ4n) is 2.44. The van der Waals surface area contributed by atoms with Crippen LogP contribution in [0.2, 0.25) is 5.02 Å². The van der Waals surface area contributed by atoms with Crippen molar-refractivity contribution < 1.29 is 19.0 Å². The minimum absolute atomic E-state index is 0.113. The minimum atomic E-state index is -0.857. The maximum Gasteiger partial charge on any atom is 0.256 e. The highest BCUT2D eigenvalue weighted by molar-refractivity contribution is 6.32. The lowest BCUT2D eigenvalue weighted by atomic mass is 9.97. The highest BCUT2D eigenvalue weighted by atomic mass is 35.5. The van der Waals surface area contributed by atoms with E-state index < -0.39 is 5.60 Å². The van der Waals surface area contributed by atoms with Gasteiger partial charge in [0.05, 0.1) is 11.6 Å². The van der Waals surface area contributed by atoms with Crippen LogP contribution in [-0.2, 0) is 14.3 Å². The summed E-state index contributed by atoms with van der Waals surface area (Å²) in [5, 5.41) is 3.31. The number of ether oxygens (including phenoxy) is 3. The van der Waals surface area contributed by atoms with Gasteiger partial charge in [0, 0.05) is 19.9 Å².